The highest BCUT2D eigenvalue weighted by molar-refractivity contribution is 9.10. The second-order valence-corrected chi connectivity index (χ2v) is 6.92. The summed E-state index contributed by atoms with van der Waals surface area (Å²) in [6.07, 6.45) is 4.23. The highest BCUT2D eigenvalue weighted by Crippen LogP contribution is 2.23. The van der Waals surface area contributed by atoms with Gasteiger partial charge < -0.3 is 5.73 Å². The molecular weight excluding hydrogens is 334 g/mol. The van der Waals surface area contributed by atoms with E-state index >= 15 is 0 Å². The van der Waals surface area contributed by atoms with Crippen LogP contribution in [0.15, 0.2) is 22.0 Å². The maximum atomic E-state index is 6.29. The Balaban J connectivity index is 1.86. The first-order valence-corrected chi connectivity index (χ1v) is 8.78. The van der Waals surface area contributed by atoms with E-state index in [1.165, 1.54) is 10.6 Å². The van der Waals surface area contributed by atoms with Crippen molar-refractivity contribution >= 4 is 27.3 Å². The number of nitrogens with zero attached hydrogens (tertiary/aromatic N) is 2. The fourth-order valence-electron chi connectivity index (χ4n) is 2.41. The molecule has 0 bridgehead atoms. The average molecular weight is 356 g/mol. The van der Waals surface area contributed by atoms with E-state index in [-0.39, 0.29) is 6.04 Å². The van der Waals surface area contributed by atoms with E-state index in [4.69, 9.17) is 5.73 Å². The Labute approximate surface area is 133 Å². The van der Waals surface area contributed by atoms with Crippen LogP contribution in [0.25, 0.3) is 0 Å². The van der Waals surface area contributed by atoms with Crippen LogP contribution < -0.4 is 5.73 Å². The van der Waals surface area contributed by atoms with Gasteiger partial charge in [0.2, 0.25) is 0 Å². The minimum atomic E-state index is 0.202. The SMILES string of the molecule is CCn1nc(C)c(Br)c1CC(N)CCCc1cccs1. The number of hydrogen-bond acceptors (Lipinski definition) is 3. The molecule has 0 aliphatic heterocycles. The molecule has 0 aliphatic carbocycles. The highest BCUT2D eigenvalue weighted by Gasteiger charge is 2.15. The summed E-state index contributed by atoms with van der Waals surface area (Å²) in [6.45, 7) is 5.04. The molecule has 2 rings (SSSR count). The average Bonchev–Trinajstić information content (AvgIpc) is 3.02. The second-order valence-electron chi connectivity index (χ2n) is 5.10. The van der Waals surface area contributed by atoms with Crippen molar-refractivity contribution in [3.05, 3.63) is 38.3 Å². The third-order valence-electron chi connectivity index (χ3n) is 3.49. The Morgan fingerprint density at radius 3 is 2.95 bits per heavy atom. The maximum Gasteiger partial charge on any atom is 0.0738 e. The Morgan fingerprint density at radius 1 is 1.50 bits per heavy atom. The molecule has 2 aromatic rings. The molecule has 0 amide bonds. The van der Waals surface area contributed by atoms with Crippen LogP contribution in [0.1, 0.15) is 36.0 Å². The zero-order valence-corrected chi connectivity index (χ0v) is 14.5. The van der Waals surface area contributed by atoms with Gasteiger partial charge in [-0.2, -0.15) is 5.10 Å². The largest absolute Gasteiger partial charge is 0.327 e. The Bertz CT molecular complexity index is 534. The van der Waals surface area contributed by atoms with Gasteiger partial charge >= 0.3 is 0 Å². The third-order valence-corrected chi connectivity index (χ3v) is 5.45. The first-order valence-electron chi connectivity index (χ1n) is 7.11. The number of halogens is 1. The lowest BCUT2D eigenvalue weighted by Crippen LogP contribution is -2.24. The van der Waals surface area contributed by atoms with E-state index in [1.807, 2.05) is 18.3 Å². The van der Waals surface area contributed by atoms with Gasteiger partial charge in [0.15, 0.2) is 0 Å². The molecule has 0 saturated carbocycles. The van der Waals surface area contributed by atoms with Gasteiger partial charge in [0.1, 0.15) is 0 Å². The zero-order valence-electron chi connectivity index (χ0n) is 12.1. The first-order chi connectivity index (χ1) is 9.61. The van der Waals surface area contributed by atoms with Gasteiger partial charge in [-0.05, 0) is 60.5 Å². The van der Waals surface area contributed by atoms with Gasteiger partial charge in [0.25, 0.3) is 0 Å². The van der Waals surface area contributed by atoms with E-state index in [2.05, 4.69) is 50.1 Å². The van der Waals surface area contributed by atoms with Gasteiger partial charge in [0, 0.05) is 23.9 Å². The molecule has 2 N–H and O–H groups in total. The molecule has 110 valence electrons. The van der Waals surface area contributed by atoms with Crippen LogP contribution in [-0.2, 0) is 19.4 Å². The maximum absolute atomic E-state index is 6.29. The van der Waals surface area contributed by atoms with Crippen LogP contribution in [-0.4, -0.2) is 15.8 Å². The van der Waals surface area contributed by atoms with Crippen LogP contribution >= 0.6 is 27.3 Å². The lowest BCUT2D eigenvalue weighted by molar-refractivity contribution is 0.539. The summed E-state index contributed by atoms with van der Waals surface area (Å²) in [5, 5.41) is 6.65. The van der Waals surface area contributed by atoms with E-state index in [9.17, 15) is 0 Å². The van der Waals surface area contributed by atoms with Gasteiger partial charge in [-0.3, -0.25) is 4.68 Å². The topological polar surface area (TPSA) is 43.8 Å². The molecule has 5 heteroatoms. The van der Waals surface area contributed by atoms with E-state index in [1.54, 1.807) is 0 Å². The molecule has 3 nitrogen and oxygen atoms in total. The molecule has 0 radical (unpaired) electrons. The lowest BCUT2D eigenvalue weighted by Gasteiger charge is -2.13. The summed E-state index contributed by atoms with van der Waals surface area (Å²) < 4.78 is 3.17. The zero-order chi connectivity index (χ0) is 14.5. The Morgan fingerprint density at radius 2 is 2.30 bits per heavy atom. The van der Waals surface area contributed by atoms with Crippen molar-refractivity contribution in [1.82, 2.24) is 9.78 Å². The Kier molecular flexibility index (Phi) is 5.81. The second kappa shape index (κ2) is 7.38. The number of hydrogen-bond donors (Lipinski definition) is 1. The Hall–Kier alpha value is -0.650. The summed E-state index contributed by atoms with van der Waals surface area (Å²) in [6, 6.07) is 4.51. The van der Waals surface area contributed by atoms with Crippen LogP contribution in [0.2, 0.25) is 0 Å². The standard InChI is InChI=1S/C15H22BrN3S/c1-3-19-14(15(16)11(2)18-19)10-12(17)6-4-7-13-8-5-9-20-13/h5,8-9,12H,3-4,6-7,10,17H2,1-2H3. The number of aryl methyl sites for hydroxylation is 3. The molecule has 2 aromatic heterocycles. The molecule has 2 heterocycles. The van der Waals surface area contributed by atoms with Gasteiger partial charge in [-0.25, -0.2) is 0 Å². The summed E-state index contributed by atoms with van der Waals surface area (Å²) in [5.41, 5.74) is 8.57. The summed E-state index contributed by atoms with van der Waals surface area (Å²) >= 11 is 5.46. The molecule has 1 unspecified atom stereocenters. The van der Waals surface area contributed by atoms with Gasteiger partial charge in [-0.15, -0.1) is 11.3 Å². The van der Waals surface area contributed by atoms with Crippen LogP contribution in [0, 0.1) is 6.92 Å². The number of thiophene rings is 1. The van der Waals surface area contributed by atoms with E-state index in [0.29, 0.717) is 0 Å². The minimum absolute atomic E-state index is 0.202. The predicted octanol–water partition coefficient (Wildman–Crippen LogP) is 3.93. The molecular formula is C15H22BrN3S. The molecule has 0 fully saturated rings. The van der Waals surface area contributed by atoms with E-state index < -0.39 is 0 Å². The quantitative estimate of drug-likeness (QED) is 0.817. The van der Waals surface area contributed by atoms with Crippen LogP contribution in [0.4, 0.5) is 0 Å². The van der Waals surface area contributed by atoms with Crippen molar-refractivity contribution in [3.63, 3.8) is 0 Å². The normalized spacial score (nSPS) is 12.8. The number of rotatable bonds is 7. The predicted molar refractivity (Wildman–Crippen MR) is 89.3 cm³/mol. The number of nitrogens with two attached hydrogens (primary N) is 1. The minimum Gasteiger partial charge on any atom is -0.327 e. The summed E-state index contributed by atoms with van der Waals surface area (Å²) in [7, 11) is 0. The van der Waals surface area contributed by atoms with Crippen LogP contribution in [0.3, 0.4) is 0 Å². The van der Waals surface area contributed by atoms with Crippen molar-refractivity contribution in [1.29, 1.82) is 0 Å². The molecule has 0 aliphatic rings. The van der Waals surface area contributed by atoms with Gasteiger partial charge in [-0.1, -0.05) is 6.07 Å². The molecule has 20 heavy (non-hydrogen) atoms. The molecule has 0 saturated heterocycles. The van der Waals surface area contributed by atoms with Crippen molar-refractivity contribution in [3.8, 4) is 0 Å². The summed E-state index contributed by atoms with van der Waals surface area (Å²) in [4.78, 5) is 1.45. The monoisotopic (exact) mass is 355 g/mol. The fraction of sp³-hybridized carbons (Fsp3) is 0.533. The van der Waals surface area contributed by atoms with Crippen molar-refractivity contribution < 1.29 is 0 Å². The molecule has 0 aromatic carbocycles. The lowest BCUT2D eigenvalue weighted by atomic mass is 10.0. The van der Waals surface area contributed by atoms with Crippen molar-refractivity contribution in [2.75, 3.05) is 0 Å². The summed E-state index contributed by atoms with van der Waals surface area (Å²) in [5.74, 6) is 0. The fourth-order valence-corrected chi connectivity index (χ4v) is 3.60. The highest BCUT2D eigenvalue weighted by atomic mass is 79.9. The first kappa shape index (κ1) is 15.7. The number of aromatic nitrogens is 2. The van der Waals surface area contributed by atoms with E-state index in [0.717, 1.165) is 42.4 Å². The van der Waals surface area contributed by atoms with Gasteiger partial charge in [0.05, 0.1) is 15.9 Å². The third kappa shape index (κ3) is 3.93. The van der Waals surface area contributed by atoms with Crippen LogP contribution in [0.5, 0.6) is 0 Å². The van der Waals surface area contributed by atoms with Crippen molar-refractivity contribution in [2.24, 2.45) is 5.73 Å². The van der Waals surface area contributed by atoms with Crippen molar-refractivity contribution in [2.45, 2.75) is 52.1 Å². The molecule has 1 atom stereocenters. The molecule has 0 spiro atoms. The smallest absolute Gasteiger partial charge is 0.0738 e.